The zero-order chi connectivity index (χ0) is 24.2. The number of aromatic nitrogens is 1. The van der Waals surface area contributed by atoms with E-state index in [0.717, 1.165) is 29.5 Å². The Bertz CT molecular complexity index is 1230. The molecule has 0 bridgehead atoms. The summed E-state index contributed by atoms with van der Waals surface area (Å²) in [5, 5.41) is 0. The number of nitrogens with zero attached hydrogens (tertiary/aromatic N) is 3. The fourth-order valence-electron chi connectivity index (χ4n) is 3.92. The third-order valence-electron chi connectivity index (χ3n) is 5.54. The van der Waals surface area contributed by atoms with Gasteiger partial charge in [0.2, 0.25) is 5.91 Å². The van der Waals surface area contributed by atoms with Crippen molar-refractivity contribution in [2.75, 3.05) is 24.7 Å². The topological polar surface area (TPSA) is 115 Å². The number of hydrogen-bond donors (Lipinski definition) is 0. The SMILES string of the molecule is CCOC(=O)c1ccc2c(c1)sc(=NC(=O)CS(=O)(=O)CC(=O)N1CCCCC1C)n2CC. The zero-order valence-corrected chi connectivity index (χ0v) is 20.7. The van der Waals surface area contributed by atoms with Gasteiger partial charge in [0.1, 0.15) is 11.5 Å². The van der Waals surface area contributed by atoms with Crippen molar-refractivity contribution in [1.29, 1.82) is 0 Å². The zero-order valence-electron chi connectivity index (χ0n) is 19.1. The number of piperidine rings is 1. The van der Waals surface area contributed by atoms with E-state index in [1.165, 1.54) is 11.3 Å². The normalized spacial score (nSPS) is 17.4. The molecule has 2 aromatic rings. The lowest BCUT2D eigenvalue weighted by atomic mass is 10.0. The largest absolute Gasteiger partial charge is 0.462 e. The van der Waals surface area contributed by atoms with Gasteiger partial charge in [-0.25, -0.2) is 13.2 Å². The Morgan fingerprint density at radius 2 is 1.94 bits per heavy atom. The van der Waals surface area contributed by atoms with Crippen molar-refractivity contribution >= 4 is 49.2 Å². The quantitative estimate of drug-likeness (QED) is 0.544. The molecule has 1 aromatic heterocycles. The fourth-order valence-corrected chi connectivity index (χ4v) is 6.16. The number of rotatable bonds is 7. The molecule has 0 radical (unpaired) electrons. The van der Waals surface area contributed by atoms with Crippen molar-refractivity contribution in [2.24, 2.45) is 4.99 Å². The first-order valence-electron chi connectivity index (χ1n) is 11.0. The van der Waals surface area contributed by atoms with Crippen LogP contribution in [-0.2, 0) is 30.7 Å². The molecule has 11 heteroatoms. The molecule has 0 saturated carbocycles. The van der Waals surface area contributed by atoms with Gasteiger partial charge in [-0.2, -0.15) is 4.99 Å². The van der Waals surface area contributed by atoms with Gasteiger partial charge >= 0.3 is 5.97 Å². The van der Waals surface area contributed by atoms with Gasteiger partial charge in [0.15, 0.2) is 14.6 Å². The first-order chi connectivity index (χ1) is 15.6. The van der Waals surface area contributed by atoms with Crippen molar-refractivity contribution in [3.05, 3.63) is 28.6 Å². The van der Waals surface area contributed by atoms with Crippen LogP contribution < -0.4 is 4.80 Å². The van der Waals surface area contributed by atoms with Crippen molar-refractivity contribution in [3.8, 4) is 0 Å². The highest BCUT2D eigenvalue weighted by atomic mass is 32.2. The summed E-state index contributed by atoms with van der Waals surface area (Å²) in [7, 11) is -3.95. The minimum absolute atomic E-state index is 0.00315. The number of likely N-dealkylation sites (tertiary alicyclic amines) is 1. The number of fused-ring (bicyclic) bond motifs is 1. The molecular formula is C22H29N3O6S2. The molecule has 1 fully saturated rings. The van der Waals surface area contributed by atoms with E-state index in [1.54, 1.807) is 34.6 Å². The number of thiazole rings is 1. The van der Waals surface area contributed by atoms with Crippen LogP contribution >= 0.6 is 11.3 Å². The molecule has 1 saturated heterocycles. The van der Waals surface area contributed by atoms with Crippen molar-refractivity contribution in [1.82, 2.24) is 9.47 Å². The average molecular weight is 496 g/mol. The summed E-state index contributed by atoms with van der Waals surface area (Å²) < 4.78 is 32.6. The molecule has 9 nitrogen and oxygen atoms in total. The Morgan fingerprint density at radius 1 is 1.18 bits per heavy atom. The second-order valence-corrected chi connectivity index (χ2v) is 11.1. The maximum Gasteiger partial charge on any atom is 0.338 e. The van der Waals surface area contributed by atoms with Gasteiger partial charge in [0, 0.05) is 19.1 Å². The second-order valence-electron chi connectivity index (χ2n) is 8.00. The fraction of sp³-hybridized carbons (Fsp3) is 0.545. The summed E-state index contributed by atoms with van der Waals surface area (Å²) in [4.78, 5) is 42.9. The van der Waals surface area contributed by atoms with Crippen LogP contribution in [-0.4, -0.2) is 66.4 Å². The molecular weight excluding hydrogens is 466 g/mol. The van der Waals surface area contributed by atoms with Crippen LogP contribution in [0.25, 0.3) is 10.2 Å². The summed E-state index contributed by atoms with van der Waals surface area (Å²) >= 11 is 1.19. The third-order valence-corrected chi connectivity index (χ3v) is 7.96. The van der Waals surface area contributed by atoms with Crippen LogP contribution in [0.15, 0.2) is 23.2 Å². The van der Waals surface area contributed by atoms with Gasteiger partial charge in [-0.15, -0.1) is 0 Å². The van der Waals surface area contributed by atoms with E-state index >= 15 is 0 Å². The predicted molar refractivity (Wildman–Crippen MR) is 126 cm³/mol. The molecule has 2 amide bonds. The number of carbonyl (C=O) groups excluding carboxylic acids is 3. The Kier molecular flexibility index (Phi) is 8.06. The Morgan fingerprint density at radius 3 is 2.61 bits per heavy atom. The van der Waals surface area contributed by atoms with Crippen molar-refractivity contribution in [3.63, 3.8) is 0 Å². The maximum absolute atomic E-state index is 12.5. The lowest BCUT2D eigenvalue weighted by Gasteiger charge is -2.33. The molecule has 33 heavy (non-hydrogen) atoms. The third kappa shape index (κ3) is 6.08. The lowest BCUT2D eigenvalue weighted by Crippen LogP contribution is -2.45. The monoisotopic (exact) mass is 495 g/mol. The molecule has 3 rings (SSSR count). The highest BCUT2D eigenvalue weighted by Crippen LogP contribution is 2.20. The molecule has 2 heterocycles. The summed E-state index contributed by atoms with van der Waals surface area (Å²) in [6, 6.07) is 5.06. The average Bonchev–Trinajstić information content (AvgIpc) is 3.09. The molecule has 1 aromatic carbocycles. The molecule has 180 valence electrons. The minimum Gasteiger partial charge on any atom is -0.462 e. The number of esters is 1. The first-order valence-corrected chi connectivity index (χ1v) is 13.7. The molecule has 1 atom stereocenters. The summed E-state index contributed by atoms with van der Waals surface area (Å²) in [5.74, 6) is -3.25. The second kappa shape index (κ2) is 10.6. The van der Waals surface area contributed by atoms with E-state index in [4.69, 9.17) is 4.74 Å². The number of aryl methyl sites for hydroxylation is 1. The van der Waals surface area contributed by atoms with Gasteiger partial charge in [-0.1, -0.05) is 11.3 Å². The molecule has 1 aliphatic rings. The van der Waals surface area contributed by atoms with Crippen LogP contribution in [0.4, 0.5) is 0 Å². The number of ether oxygens (including phenoxy) is 1. The number of benzene rings is 1. The minimum atomic E-state index is -3.95. The lowest BCUT2D eigenvalue weighted by molar-refractivity contribution is -0.131. The van der Waals surface area contributed by atoms with Crippen LogP contribution in [0.2, 0.25) is 0 Å². The number of amides is 2. The van der Waals surface area contributed by atoms with E-state index in [9.17, 15) is 22.8 Å². The Balaban J connectivity index is 1.80. The highest BCUT2D eigenvalue weighted by molar-refractivity contribution is 7.92. The van der Waals surface area contributed by atoms with E-state index < -0.39 is 39.1 Å². The highest BCUT2D eigenvalue weighted by Gasteiger charge is 2.28. The van der Waals surface area contributed by atoms with E-state index in [2.05, 4.69) is 4.99 Å². The summed E-state index contributed by atoms with van der Waals surface area (Å²) in [5.41, 5.74) is 1.17. The van der Waals surface area contributed by atoms with Crippen LogP contribution in [0, 0.1) is 0 Å². The van der Waals surface area contributed by atoms with E-state index in [-0.39, 0.29) is 12.6 Å². The summed E-state index contributed by atoms with van der Waals surface area (Å²) in [6.07, 6.45) is 2.72. The van der Waals surface area contributed by atoms with Gasteiger partial charge in [-0.3, -0.25) is 9.59 Å². The molecule has 1 aliphatic heterocycles. The molecule has 0 spiro atoms. The number of sulfone groups is 1. The van der Waals surface area contributed by atoms with Gasteiger partial charge in [0.25, 0.3) is 5.91 Å². The maximum atomic E-state index is 12.5. The molecule has 0 aliphatic carbocycles. The standard InChI is InChI=1S/C22H29N3O6S2/c1-4-24-17-10-9-16(21(28)31-5-2)12-18(17)32-22(24)23-19(26)13-33(29,30)14-20(27)25-11-7-6-8-15(25)3/h9-10,12,15H,4-8,11,13-14H2,1-3H3. The van der Waals surface area contributed by atoms with E-state index in [0.29, 0.717) is 23.5 Å². The summed E-state index contributed by atoms with van der Waals surface area (Å²) in [6.45, 7) is 6.82. The van der Waals surface area contributed by atoms with Crippen LogP contribution in [0.3, 0.4) is 0 Å². The number of hydrogen-bond acceptors (Lipinski definition) is 7. The van der Waals surface area contributed by atoms with Crippen molar-refractivity contribution in [2.45, 2.75) is 52.6 Å². The molecule has 1 unspecified atom stereocenters. The Labute approximate surface area is 197 Å². The van der Waals surface area contributed by atoms with Gasteiger partial charge < -0.3 is 14.2 Å². The van der Waals surface area contributed by atoms with E-state index in [1.807, 2.05) is 13.8 Å². The van der Waals surface area contributed by atoms with Gasteiger partial charge in [0.05, 0.1) is 22.4 Å². The number of carbonyl (C=O) groups is 3. The Hall–Kier alpha value is -2.53. The first kappa shape index (κ1) is 25.1. The smallest absolute Gasteiger partial charge is 0.338 e. The van der Waals surface area contributed by atoms with Gasteiger partial charge in [-0.05, 0) is 58.2 Å². The van der Waals surface area contributed by atoms with Crippen LogP contribution in [0.5, 0.6) is 0 Å². The van der Waals surface area contributed by atoms with Crippen LogP contribution in [0.1, 0.15) is 50.4 Å². The predicted octanol–water partition coefficient (Wildman–Crippen LogP) is 2.14. The van der Waals surface area contributed by atoms with Crippen molar-refractivity contribution < 1.29 is 27.5 Å². The molecule has 0 N–H and O–H groups in total.